The summed E-state index contributed by atoms with van der Waals surface area (Å²) >= 11 is 0. The summed E-state index contributed by atoms with van der Waals surface area (Å²) in [6.45, 7) is 0.308. The number of alkyl halides is 3. The summed E-state index contributed by atoms with van der Waals surface area (Å²) in [4.78, 5) is 28.0. The number of amides is 1. The lowest BCUT2D eigenvalue weighted by atomic mass is 10.1. The average Bonchev–Trinajstić information content (AvgIpc) is 3.47. The molecule has 1 amide bonds. The first-order valence-corrected chi connectivity index (χ1v) is 11.7. The number of nitrogens with zero attached hydrogens (tertiary/aromatic N) is 3. The zero-order valence-electron chi connectivity index (χ0n) is 19.9. The molecular weight excluding hydrogens is 487 g/mol. The quantitative estimate of drug-likeness (QED) is 0.364. The predicted molar refractivity (Wildman–Crippen MR) is 131 cm³/mol. The van der Waals surface area contributed by atoms with Crippen LogP contribution in [0.15, 0.2) is 77.6 Å². The lowest BCUT2D eigenvalue weighted by Crippen LogP contribution is -2.34. The van der Waals surface area contributed by atoms with Crippen LogP contribution in [0.5, 0.6) is 11.5 Å². The maximum absolute atomic E-state index is 13.7. The number of fused-ring (bicyclic) bond motifs is 1. The van der Waals surface area contributed by atoms with Crippen molar-refractivity contribution in [1.82, 2.24) is 14.0 Å². The van der Waals surface area contributed by atoms with Crippen molar-refractivity contribution in [3.63, 3.8) is 0 Å². The van der Waals surface area contributed by atoms with Gasteiger partial charge in [-0.3, -0.25) is 9.13 Å². The number of carbonyl (C=O) groups is 1. The van der Waals surface area contributed by atoms with Gasteiger partial charge in [-0.25, -0.2) is 9.59 Å². The Morgan fingerprint density at radius 3 is 2.46 bits per heavy atom. The van der Waals surface area contributed by atoms with Crippen molar-refractivity contribution in [3.05, 3.63) is 94.4 Å². The van der Waals surface area contributed by atoms with E-state index >= 15 is 0 Å². The number of aromatic nitrogens is 2. The van der Waals surface area contributed by atoms with Crippen molar-refractivity contribution in [1.29, 1.82) is 0 Å². The lowest BCUT2D eigenvalue weighted by Gasteiger charge is -2.17. The first-order valence-electron chi connectivity index (χ1n) is 11.7. The van der Waals surface area contributed by atoms with E-state index in [1.807, 2.05) is 6.07 Å². The molecule has 192 valence electrons. The van der Waals surface area contributed by atoms with Crippen molar-refractivity contribution in [3.8, 4) is 11.5 Å². The number of benzene rings is 3. The summed E-state index contributed by atoms with van der Waals surface area (Å²) in [5.41, 5.74) is -0.371. The third-order valence-electron chi connectivity index (χ3n) is 6.55. The van der Waals surface area contributed by atoms with Crippen LogP contribution in [0.3, 0.4) is 0 Å². The summed E-state index contributed by atoms with van der Waals surface area (Å²) in [6.07, 6.45) is -4.60. The van der Waals surface area contributed by atoms with E-state index in [9.17, 15) is 22.8 Å². The molecule has 4 aromatic rings. The Morgan fingerprint density at radius 2 is 1.73 bits per heavy atom. The zero-order valence-corrected chi connectivity index (χ0v) is 19.9. The second-order valence-corrected chi connectivity index (χ2v) is 8.79. The molecule has 3 aromatic carbocycles. The molecule has 1 fully saturated rings. The third-order valence-corrected chi connectivity index (χ3v) is 6.55. The molecule has 0 radical (unpaired) electrons. The van der Waals surface area contributed by atoms with Crippen LogP contribution in [0.2, 0.25) is 0 Å². The predicted octanol–water partition coefficient (Wildman–Crippen LogP) is 5.32. The first kappa shape index (κ1) is 24.5. The van der Waals surface area contributed by atoms with Gasteiger partial charge in [0.1, 0.15) is 17.0 Å². The molecule has 1 atom stereocenters. The molecule has 1 unspecified atom stereocenters. The monoisotopic (exact) mass is 511 g/mol. The lowest BCUT2D eigenvalue weighted by molar-refractivity contribution is -0.138. The number of imidazole rings is 1. The molecular formula is C27H24F3N3O4. The largest absolute Gasteiger partial charge is 0.494 e. The number of ether oxygens (including phenoxy) is 2. The second-order valence-electron chi connectivity index (χ2n) is 8.79. The molecule has 1 aliphatic heterocycles. The van der Waals surface area contributed by atoms with E-state index in [1.165, 1.54) is 34.8 Å². The molecule has 10 heteroatoms. The number of halogens is 3. The van der Waals surface area contributed by atoms with Gasteiger partial charge in [0.2, 0.25) is 0 Å². The first-order chi connectivity index (χ1) is 17.8. The Bertz CT molecular complexity index is 1490. The van der Waals surface area contributed by atoms with Gasteiger partial charge in [-0.15, -0.1) is 0 Å². The number of methoxy groups -OCH3 is 1. The Labute approximate surface area is 210 Å². The third kappa shape index (κ3) is 4.66. The molecule has 0 saturated carbocycles. The smallest absolute Gasteiger partial charge is 0.416 e. The van der Waals surface area contributed by atoms with Crippen molar-refractivity contribution in [2.45, 2.75) is 25.2 Å². The highest BCUT2D eigenvalue weighted by atomic mass is 19.4. The summed E-state index contributed by atoms with van der Waals surface area (Å²) < 4.78 is 54.8. The fourth-order valence-electron chi connectivity index (χ4n) is 4.85. The van der Waals surface area contributed by atoms with E-state index < -0.39 is 23.5 Å². The molecule has 1 saturated heterocycles. The SMILES string of the molecule is COc1cccc2c1n(Cc1ccccc1C(F)(F)F)c(=O)n2C1CCN(C(=O)Oc2ccccc2)C1. The van der Waals surface area contributed by atoms with Gasteiger partial charge < -0.3 is 14.4 Å². The minimum Gasteiger partial charge on any atom is -0.494 e. The summed E-state index contributed by atoms with van der Waals surface area (Å²) in [6, 6.07) is 18.6. The van der Waals surface area contributed by atoms with E-state index in [2.05, 4.69) is 0 Å². The molecule has 1 aliphatic rings. The van der Waals surface area contributed by atoms with Crippen LogP contribution in [-0.2, 0) is 12.7 Å². The van der Waals surface area contributed by atoms with Gasteiger partial charge in [0.25, 0.3) is 0 Å². The van der Waals surface area contributed by atoms with Crippen LogP contribution >= 0.6 is 0 Å². The standard InChI is InChI=1S/C27H24F3N3O4/c1-36-23-13-7-12-22-24(23)32(16-18-8-5-6-11-21(18)27(28,29)30)25(34)33(22)19-14-15-31(17-19)26(35)37-20-9-3-2-4-10-20/h2-13,19H,14-17H2,1H3. The van der Waals surface area contributed by atoms with Crippen molar-refractivity contribution >= 4 is 17.1 Å². The maximum Gasteiger partial charge on any atom is 0.416 e. The van der Waals surface area contributed by atoms with E-state index in [1.54, 1.807) is 47.0 Å². The molecule has 7 nitrogen and oxygen atoms in total. The van der Waals surface area contributed by atoms with Gasteiger partial charge in [0.15, 0.2) is 0 Å². The van der Waals surface area contributed by atoms with Crippen LogP contribution in [0.4, 0.5) is 18.0 Å². The van der Waals surface area contributed by atoms with Crippen molar-refractivity contribution in [2.24, 2.45) is 0 Å². The summed E-state index contributed by atoms with van der Waals surface area (Å²) in [7, 11) is 1.45. The highest BCUT2D eigenvalue weighted by Gasteiger charge is 2.35. The minimum atomic E-state index is -4.56. The number of rotatable bonds is 5. The van der Waals surface area contributed by atoms with E-state index in [-0.39, 0.29) is 24.7 Å². The molecule has 37 heavy (non-hydrogen) atoms. The van der Waals surface area contributed by atoms with Gasteiger partial charge in [-0.1, -0.05) is 42.5 Å². The van der Waals surface area contributed by atoms with Crippen LogP contribution < -0.4 is 15.2 Å². The zero-order chi connectivity index (χ0) is 26.2. The Balaban J connectivity index is 1.52. The summed E-state index contributed by atoms with van der Waals surface area (Å²) in [5, 5.41) is 0. The fourth-order valence-corrected chi connectivity index (χ4v) is 4.85. The molecule has 0 N–H and O–H groups in total. The topological polar surface area (TPSA) is 65.7 Å². The van der Waals surface area contributed by atoms with Gasteiger partial charge in [0, 0.05) is 13.1 Å². The molecule has 0 bridgehead atoms. The fraction of sp³-hybridized carbons (Fsp3) is 0.259. The van der Waals surface area contributed by atoms with Gasteiger partial charge in [-0.05, 0) is 42.3 Å². The molecule has 0 aliphatic carbocycles. The van der Waals surface area contributed by atoms with E-state index in [0.717, 1.165) is 6.07 Å². The average molecular weight is 512 g/mol. The molecule has 2 heterocycles. The van der Waals surface area contributed by atoms with Gasteiger partial charge in [-0.2, -0.15) is 13.2 Å². The highest BCUT2D eigenvalue weighted by molar-refractivity contribution is 5.83. The maximum atomic E-state index is 13.7. The minimum absolute atomic E-state index is 0.0263. The molecule has 1 aromatic heterocycles. The van der Waals surface area contributed by atoms with Crippen LogP contribution in [-0.4, -0.2) is 40.3 Å². The second kappa shape index (κ2) is 9.68. The normalized spacial score (nSPS) is 15.8. The number of carbonyl (C=O) groups excluding carboxylic acids is 1. The van der Waals surface area contributed by atoms with Crippen LogP contribution in [0.25, 0.3) is 11.0 Å². The number of hydrogen-bond donors (Lipinski definition) is 0. The van der Waals surface area contributed by atoms with E-state index in [0.29, 0.717) is 35.5 Å². The molecule has 0 spiro atoms. The van der Waals surface area contributed by atoms with Crippen molar-refractivity contribution in [2.75, 3.05) is 20.2 Å². The van der Waals surface area contributed by atoms with Gasteiger partial charge >= 0.3 is 18.0 Å². The molecule has 5 rings (SSSR count). The van der Waals surface area contributed by atoms with Crippen LogP contribution in [0, 0.1) is 0 Å². The number of hydrogen-bond acceptors (Lipinski definition) is 4. The number of para-hydroxylation sites is 2. The van der Waals surface area contributed by atoms with E-state index in [4.69, 9.17) is 9.47 Å². The van der Waals surface area contributed by atoms with Crippen LogP contribution in [0.1, 0.15) is 23.6 Å². The number of likely N-dealkylation sites (tertiary alicyclic amines) is 1. The Kier molecular flexibility index (Phi) is 6.41. The van der Waals surface area contributed by atoms with Gasteiger partial charge in [0.05, 0.1) is 30.8 Å². The Morgan fingerprint density at radius 1 is 1.00 bits per heavy atom. The summed E-state index contributed by atoms with van der Waals surface area (Å²) in [5.74, 6) is 0.786. The highest BCUT2D eigenvalue weighted by Crippen LogP contribution is 2.34. The van der Waals surface area contributed by atoms with Crippen molar-refractivity contribution < 1.29 is 27.4 Å². The Hall–Kier alpha value is -4.21.